The van der Waals surface area contributed by atoms with Crippen molar-refractivity contribution in [3.8, 4) is 17.0 Å². The average molecular weight is 483 g/mol. The predicted octanol–water partition coefficient (Wildman–Crippen LogP) is 2.65. The molecule has 10 nitrogen and oxygen atoms in total. The van der Waals surface area contributed by atoms with E-state index in [4.69, 9.17) is 14.7 Å². The van der Waals surface area contributed by atoms with E-state index in [-0.39, 0.29) is 18.1 Å². The monoisotopic (exact) mass is 482 g/mol. The fourth-order valence-electron chi connectivity index (χ4n) is 5.72. The van der Waals surface area contributed by atoms with E-state index >= 15 is 0 Å². The molecule has 3 aliphatic rings. The zero-order valence-corrected chi connectivity index (χ0v) is 20.0. The largest absolute Gasteiger partial charge is 0.496 e. The Morgan fingerprint density at radius 1 is 1.06 bits per heavy atom. The number of pyridine rings is 1. The minimum absolute atomic E-state index is 0.0247. The number of piperazine rings is 1. The number of nitrogens with zero attached hydrogens (tertiary/aromatic N) is 7. The molecule has 36 heavy (non-hydrogen) atoms. The molecule has 6 heterocycles. The SMILES string of the molecule is COc1ccccc1[C@@H]1CCc2nc3ccc(-c4cnc(N5CCN6C(=O)NC[C@@H]6C5)nc4)nc3n21. The van der Waals surface area contributed by atoms with Crippen molar-refractivity contribution in [2.45, 2.75) is 24.9 Å². The third-order valence-electron chi connectivity index (χ3n) is 7.51. The number of benzene rings is 1. The predicted molar refractivity (Wildman–Crippen MR) is 134 cm³/mol. The van der Waals surface area contributed by atoms with Gasteiger partial charge in [-0.2, -0.15) is 0 Å². The van der Waals surface area contributed by atoms with Gasteiger partial charge < -0.3 is 24.4 Å². The standard InChI is InChI=1S/C26H26N8O2/c1-36-22-5-3-2-4-18(22)21-8-9-23-30-20-7-6-19(31-24(20)34(21)23)16-12-27-25(28-13-16)32-10-11-33-17(15-32)14-29-26(33)35/h2-7,12-13,17,21H,8-11,14-15H2,1H3,(H,29,35)/t17-,21+/m1/s1. The molecular weight excluding hydrogens is 456 g/mol. The number of fused-ring (bicyclic) bond motifs is 4. The van der Waals surface area contributed by atoms with Crippen LogP contribution in [0.1, 0.15) is 23.9 Å². The summed E-state index contributed by atoms with van der Waals surface area (Å²) in [5.41, 5.74) is 4.59. The molecule has 0 aliphatic carbocycles. The summed E-state index contributed by atoms with van der Waals surface area (Å²) < 4.78 is 7.90. The van der Waals surface area contributed by atoms with Crippen LogP contribution < -0.4 is 15.0 Å². The molecule has 1 aromatic carbocycles. The summed E-state index contributed by atoms with van der Waals surface area (Å²) in [5, 5.41) is 2.91. The van der Waals surface area contributed by atoms with Crippen LogP contribution in [0.3, 0.4) is 0 Å². The van der Waals surface area contributed by atoms with Crippen LogP contribution in [0.4, 0.5) is 10.7 Å². The van der Waals surface area contributed by atoms with Crippen molar-refractivity contribution in [2.75, 3.05) is 38.2 Å². The lowest BCUT2D eigenvalue weighted by atomic mass is 10.0. The van der Waals surface area contributed by atoms with E-state index in [1.54, 1.807) is 7.11 Å². The first kappa shape index (κ1) is 21.1. The van der Waals surface area contributed by atoms with Gasteiger partial charge in [-0.1, -0.05) is 18.2 Å². The number of anilines is 1. The molecule has 0 radical (unpaired) electrons. The van der Waals surface area contributed by atoms with Gasteiger partial charge in [-0.15, -0.1) is 0 Å². The minimum atomic E-state index is 0.0247. The number of carbonyl (C=O) groups is 1. The number of methoxy groups -OCH3 is 1. The van der Waals surface area contributed by atoms with Crippen LogP contribution >= 0.6 is 0 Å². The number of urea groups is 1. The number of carbonyl (C=O) groups excluding carboxylic acids is 1. The van der Waals surface area contributed by atoms with Gasteiger partial charge in [-0.05, 0) is 24.6 Å². The van der Waals surface area contributed by atoms with Crippen molar-refractivity contribution < 1.29 is 9.53 Å². The van der Waals surface area contributed by atoms with Crippen molar-refractivity contribution in [2.24, 2.45) is 0 Å². The Bertz CT molecular complexity index is 1470. The minimum Gasteiger partial charge on any atom is -0.496 e. The fraction of sp³-hybridized carbons (Fsp3) is 0.346. The van der Waals surface area contributed by atoms with Crippen molar-refractivity contribution in [3.05, 3.63) is 60.2 Å². The Kier molecular flexibility index (Phi) is 4.80. The number of aryl methyl sites for hydroxylation is 1. The summed E-state index contributed by atoms with van der Waals surface area (Å²) in [6.07, 6.45) is 5.54. The van der Waals surface area contributed by atoms with Gasteiger partial charge in [0.05, 0.1) is 24.9 Å². The highest BCUT2D eigenvalue weighted by atomic mass is 16.5. The number of hydrogen-bond donors (Lipinski definition) is 1. The van der Waals surface area contributed by atoms with Gasteiger partial charge in [-0.3, -0.25) is 0 Å². The van der Waals surface area contributed by atoms with Crippen LogP contribution in [-0.2, 0) is 6.42 Å². The molecule has 1 N–H and O–H groups in total. The second-order valence-corrected chi connectivity index (χ2v) is 9.48. The molecule has 0 bridgehead atoms. The molecule has 2 saturated heterocycles. The molecule has 0 spiro atoms. The number of nitrogens with one attached hydrogen (secondary N) is 1. The zero-order chi connectivity index (χ0) is 24.2. The topological polar surface area (TPSA) is 101 Å². The third-order valence-corrected chi connectivity index (χ3v) is 7.51. The number of hydrogen-bond acceptors (Lipinski definition) is 7. The summed E-state index contributed by atoms with van der Waals surface area (Å²) in [5.74, 6) is 2.62. The Morgan fingerprint density at radius 3 is 2.78 bits per heavy atom. The molecule has 2 fully saturated rings. The van der Waals surface area contributed by atoms with Crippen LogP contribution in [0.5, 0.6) is 5.75 Å². The highest BCUT2D eigenvalue weighted by Crippen LogP contribution is 2.39. The lowest BCUT2D eigenvalue weighted by Gasteiger charge is -2.36. The van der Waals surface area contributed by atoms with E-state index in [1.165, 1.54) is 0 Å². The van der Waals surface area contributed by atoms with Gasteiger partial charge in [0.2, 0.25) is 5.95 Å². The van der Waals surface area contributed by atoms with E-state index in [0.717, 1.165) is 65.5 Å². The van der Waals surface area contributed by atoms with Gasteiger partial charge in [-0.25, -0.2) is 24.7 Å². The van der Waals surface area contributed by atoms with Crippen molar-refractivity contribution in [1.29, 1.82) is 0 Å². The molecule has 2 atom stereocenters. The second kappa shape index (κ2) is 8.18. The number of ether oxygens (including phenoxy) is 1. The average Bonchev–Trinajstić information content (AvgIpc) is 3.62. The molecule has 3 aromatic heterocycles. The Hall–Kier alpha value is -4.21. The quantitative estimate of drug-likeness (QED) is 0.477. The van der Waals surface area contributed by atoms with Crippen molar-refractivity contribution in [1.82, 2.24) is 34.7 Å². The first-order chi connectivity index (χ1) is 17.7. The molecule has 7 rings (SSSR count). The summed E-state index contributed by atoms with van der Waals surface area (Å²) in [6.45, 7) is 2.80. The maximum atomic E-state index is 11.9. The molecule has 10 heteroatoms. The smallest absolute Gasteiger partial charge is 0.317 e. The first-order valence-corrected chi connectivity index (χ1v) is 12.3. The van der Waals surface area contributed by atoms with E-state index in [2.05, 4.69) is 30.8 Å². The van der Waals surface area contributed by atoms with E-state index in [9.17, 15) is 4.79 Å². The lowest BCUT2D eigenvalue weighted by molar-refractivity contribution is 0.197. The van der Waals surface area contributed by atoms with Crippen LogP contribution in [0.15, 0.2) is 48.8 Å². The number of para-hydroxylation sites is 1. The highest BCUT2D eigenvalue weighted by Gasteiger charge is 2.36. The third kappa shape index (κ3) is 3.28. The Labute approximate surface area is 208 Å². The maximum absolute atomic E-state index is 11.9. The number of imidazole rings is 1. The lowest BCUT2D eigenvalue weighted by Crippen LogP contribution is -2.52. The molecule has 3 aliphatic heterocycles. The summed E-state index contributed by atoms with van der Waals surface area (Å²) in [6, 6.07) is 12.5. The van der Waals surface area contributed by atoms with E-state index < -0.39 is 0 Å². The maximum Gasteiger partial charge on any atom is 0.317 e. The summed E-state index contributed by atoms with van der Waals surface area (Å²) >= 11 is 0. The van der Waals surface area contributed by atoms with Gasteiger partial charge in [0.15, 0.2) is 5.65 Å². The summed E-state index contributed by atoms with van der Waals surface area (Å²) in [4.78, 5) is 35.1. The van der Waals surface area contributed by atoms with Crippen LogP contribution in [0, 0.1) is 0 Å². The number of amides is 2. The molecule has 0 unspecified atom stereocenters. The molecule has 0 saturated carbocycles. The summed E-state index contributed by atoms with van der Waals surface area (Å²) in [7, 11) is 1.71. The van der Waals surface area contributed by atoms with E-state index in [0.29, 0.717) is 19.0 Å². The fourth-order valence-corrected chi connectivity index (χ4v) is 5.72. The van der Waals surface area contributed by atoms with E-state index in [1.807, 2.05) is 47.6 Å². The highest BCUT2D eigenvalue weighted by molar-refractivity contribution is 5.78. The zero-order valence-electron chi connectivity index (χ0n) is 20.0. The van der Waals surface area contributed by atoms with Crippen LogP contribution in [-0.4, -0.2) is 74.8 Å². The van der Waals surface area contributed by atoms with Crippen LogP contribution in [0.25, 0.3) is 22.4 Å². The molecule has 4 aromatic rings. The van der Waals surface area contributed by atoms with Crippen LogP contribution in [0.2, 0.25) is 0 Å². The first-order valence-electron chi connectivity index (χ1n) is 12.3. The van der Waals surface area contributed by atoms with Gasteiger partial charge >= 0.3 is 6.03 Å². The van der Waals surface area contributed by atoms with Gasteiger partial charge in [0.1, 0.15) is 17.1 Å². The Balaban J connectivity index is 1.19. The van der Waals surface area contributed by atoms with Gasteiger partial charge in [0.25, 0.3) is 0 Å². The Morgan fingerprint density at radius 2 is 1.92 bits per heavy atom. The molecule has 182 valence electrons. The van der Waals surface area contributed by atoms with Crippen molar-refractivity contribution >= 4 is 23.1 Å². The second-order valence-electron chi connectivity index (χ2n) is 9.48. The number of rotatable bonds is 4. The van der Waals surface area contributed by atoms with Crippen molar-refractivity contribution in [3.63, 3.8) is 0 Å². The molecule has 2 amide bonds. The normalized spacial score (nSPS) is 21.0. The number of aromatic nitrogens is 5. The van der Waals surface area contributed by atoms with Gasteiger partial charge in [0, 0.05) is 56.1 Å². The molecular formula is C26H26N8O2.